The highest BCUT2D eigenvalue weighted by Gasteiger charge is 2.38. The van der Waals surface area contributed by atoms with Gasteiger partial charge in [0.05, 0.1) is 6.54 Å². The van der Waals surface area contributed by atoms with Crippen molar-refractivity contribution in [2.24, 2.45) is 0 Å². The van der Waals surface area contributed by atoms with E-state index in [1.165, 1.54) is 11.4 Å². The second-order valence-corrected chi connectivity index (χ2v) is 3.64. The van der Waals surface area contributed by atoms with Crippen molar-refractivity contribution in [1.82, 2.24) is 4.90 Å². The Morgan fingerprint density at radius 1 is 1.57 bits per heavy atom. The van der Waals surface area contributed by atoms with Crippen LogP contribution in [0.15, 0.2) is 0 Å². The fourth-order valence-corrected chi connectivity index (χ4v) is 1.30. The quantitative estimate of drug-likeness (QED) is 0.679. The van der Waals surface area contributed by atoms with Crippen molar-refractivity contribution in [3.8, 4) is 0 Å². The van der Waals surface area contributed by atoms with Crippen molar-refractivity contribution in [3.63, 3.8) is 0 Å². The van der Waals surface area contributed by atoms with Gasteiger partial charge in [0.25, 0.3) is 0 Å². The summed E-state index contributed by atoms with van der Waals surface area (Å²) in [5, 5.41) is -1.91. The molecule has 1 aliphatic rings. The van der Waals surface area contributed by atoms with Gasteiger partial charge in [0.15, 0.2) is 0 Å². The fourth-order valence-electron chi connectivity index (χ4n) is 1.22. The van der Waals surface area contributed by atoms with Gasteiger partial charge in [-0.25, -0.2) is 0 Å². The topological polar surface area (TPSA) is 20.3 Å². The van der Waals surface area contributed by atoms with E-state index in [-0.39, 0.29) is 12.3 Å². The lowest BCUT2D eigenvalue weighted by atomic mass is 10.3. The number of likely N-dealkylation sites (tertiary alicyclic amines) is 1. The number of carbonyl (C=O) groups excluding carboxylic acids is 1. The molecule has 1 aliphatic heterocycles. The van der Waals surface area contributed by atoms with E-state index >= 15 is 0 Å². The average Bonchev–Trinajstić information content (AvgIpc) is 2.45. The highest BCUT2D eigenvalue weighted by Crippen LogP contribution is 2.28. The molecule has 1 amide bonds. The van der Waals surface area contributed by atoms with Gasteiger partial charge in [-0.15, -0.1) is 11.6 Å². The van der Waals surface area contributed by atoms with E-state index in [0.717, 1.165) is 0 Å². The lowest BCUT2D eigenvalue weighted by Gasteiger charge is -2.18. The lowest BCUT2D eigenvalue weighted by molar-refractivity contribution is -0.134. The summed E-state index contributed by atoms with van der Waals surface area (Å²) in [6.45, 7) is 1.74. The number of hydrogen-bond donors (Lipinski definition) is 0. The molecule has 81 valence electrons. The summed E-state index contributed by atoms with van der Waals surface area (Å²) in [7, 11) is 0. The normalized spacial score (nSPS) is 20.3. The van der Waals surface area contributed by atoms with Gasteiger partial charge in [-0.1, -0.05) is 0 Å². The van der Waals surface area contributed by atoms with Gasteiger partial charge in [-0.3, -0.25) is 4.79 Å². The molecular weight excluding hydrogens is 219 g/mol. The molecule has 1 saturated heterocycles. The average molecular weight is 229 g/mol. The van der Waals surface area contributed by atoms with Gasteiger partial charge in [-0.2, -0.15) is 13.2 Å². The molecule has 1 fully saturated rings. The van der Waals surface area contributed by atoms with E-state index < -0.39 is 11.6 Å². The molecule has 1 atom stereocenters. The van der Waals surface area contributed by atoms with Crippen molar-refractivity contribution in [2.45, 2.75) is 30.8 Å². The molecule has 1 unspecified atom stereocenters. The van der Waals surface area contributed by atoms with Gasteiger partial charge in [0.2, 0.25) is 5.91 Å². The maximum Gasteiger partial charge on any atom is 0.405 e. The van der Waals surface area contributed by atoms with Crippen molar-refractivity contribution >= 4 is 17.5 Å². The molecule has 0 saturated carbocycles. The van der Waals surface area contributed by atoms with Gasteiger partial charge in [0, 0.05) is 13.0 Å². The molecule has 1 heterocycles. The second-order valence-electron chi connectivity index (χ2n) is 3.12. The van der Waals surface area contributed by atoms with Gasteiger partial charge < -0.3 is 4.90 Å². The van der Waals surface area contributed by atoms with E-state index in [2.05, 4.69) is 0 Å². The summed E-state index contributed by atoms with van der Waals surface area (Å²) in [5.41, 5.74) is 0. The molecule has 0 aliphatic carbocycles. The third-order valence-electron chi connectivity index (χ3n) is 2.00. The predicted octanol–water partition coefficient (Wildman–Crippen LogP) is 2.33. The van der Waals surface area contributed by atoms with Crippen LogP contribution < -0.4 is 0 Å². The molecule has 2 nitrogen and oxygen atoms in total. The number of amides is 1. The second kappa shape index (κ2) is 4.38. The molecular formula is C8H10ClF3NO. The lowest BCUT2D eigenvalue weighted by Crippen LogP contribution is -2.28. The Kier molecular flexibility index (Phi) is 3.64. The monoisotopic (exact) mass is 228 g/mol. The van der Waals surface area contributed by atoms with Crippen LogP contribution in [0.1, 0.15) is 19.3 Å². The molecule has 0 aromatic carbocycles. The maximum atomic E-state index is 12.0. The number of alkyl halides is 4. The number of hydrogen-bond acceptors (Lipinski definition) is 1. The highest BCUT2D eigenvalue weighted by molar-refractivity contribution is 6.21. The first-order valence-electron chi connectivity index (χ1n) is 4.25. The summed E-state index contributed by atoms with van der Waals surface area (Å²) in [6, 6.07) is 0. The van der Waals surface area contributed by atoms with E-state index in [9.17, 15) is 18.0 Å². The van der Waals surface area contributed by atoms with Crippen LogP contribution in [-0.4, -0.2) is 28.9 Å². The van der Waals surface area contributed by atoms with Crippen molar-refractivity contribution in [3.05, 3.63) is 6.54 Å². The van der Waals surface area contributed by atoms with E-state index in [1.807, 2.05) is 0 Å². The smallest absolute Gasteiger partial charge is 0.338 e. The summed E-state index contributed by atoms with van der Waals surface area (Å²) in [5.74, 6) is -0.129. The Morgan fingerprint density at radius 3 is 2.64 bits per heavy atom. The molecule has 0 spiro atoms. The molecule has 0 aromatic rings. The molecule has 0 N–H and O–H groups in total. The fraction of sp³-hybridized carbons (Fsp3) is 0.750. The van der Waals surface area contributed by atoms with Crippen LogP contribution in [-0.2, 0) is 4.79 Å². The summed E-state index contributed by atoms with van der Waals surface area (Å²) >= 11 is 5.09. The van der Waals surface area contributed by atoms with Crippen LogP contribution in [0, 0.1) is 6.54 Å². The predicted molar refractivity (Wildman–Crippen MR) is 45.6 cm³/mol. The summed E-state index contributed by atoms with van der Waals surface area (Å²) < 4.78 is 35.9. The Labute approximate surface area is 85.0 Å². The molecule has 0 bridgehead atoms. The van der Waals surface area contributed by atoms with Crippen LogP contribution in [0.4, 0.5) is 13.2 Å². The van der Waals surface area contributed by atoms with Gasteiger partial charge in [0.1, 0.15) is 5.38 Å². The third-order valence-corrected chi connectivity index (χ3v) is 2.42. The van der Waals surface area contributed by atoms with Gasteiger partial charge >= 0.3 is 6.18 Å². The first-order valence-corrected chi connectivity index (χ1v) is 4.68. The van der Waals surface area contributed by atoms with Crippen LogP contribution in [0.5, 0.6) is 0 Å². The highest BCUT2D eigenvalue weighted by atomic mass is 35.5. The molecule has 0 aromatic heterocycles. The minimum atomic E-state index is -4.40. The molecule has 6 heteroatoms. The number of nitrogens with zero attached hydrogens (tertiary/aromatic N) is 1. The molecule has 14 heavy (non-hydrogen) atoms. The zero-order chi connectivity index (χ0) is 10.8. The number of halogens is 4. The number of carbonyl (C=O) groups is 1. The van der Waals surface area contributed by atoms with Crippen molar-refractivity contribution < 1.29 is 18.0 Å². The number of rotatable bonds is 3. The minimum absolute atomic E-state index is 0.129. The zero-order valence-corrected chi connectivity index (χ0v) is 8.11. The van der Waals surface area contributed by atoms with Crippen LogP contribution in [0.25, 0.3) is 0 Å². The van der Waals surface area contributed by atoms with Gasteiger partial charge in [-0.05, 0) is 12.8 Å². The molecule has 1 rings (SSSR count). The maximum absolute atomic E-state index is 12.0. The Hall–Kier alpha value is -0.450. The van der Waals surface area contributed by atoms with Crippen LogP contribution >= 0.6 is 11.6 Å². The SMILES string of the molecule is O=C1CCCN1[CH]CC(Cl)C(F)(F)F. The largest absolute Gasteiger partial charge is 0.405 e. The first kappa shape index (κ1) is 11.6. The Morgan fingerprint density at radius 2 is 2.21 bits per heavy atom. The van der Waals surface area contributed by atoms with Crippen LogP contribution in [0.2, 0.25) is 0 Å². The van der Waals surface area contributed by atoms with E-state index in [4.69, 9.17) is 11.6 Å². The van der Waals surface area contributed by atoms with Crippen LogP contribution in [0.3, 0.4) is 0 Å². The van der Waals surface area contributed by atoms with E-state index in [1.54, 1.807) is 0 Å². The Bertz CT molecular complexity index is 219. The minimum Gasteiger partial charge on any atom is -0.338 e. The zero-order valence-electron chi connectivity index (χ0n) is 7.35. The van der Waals surface area contributed by atoms with E-state index in [0.29, 0.717) is 19.4 Å². The standard InChI is InChI=1S/C8H10ClF3NO/c9-6(8(10,11)12)3-5-13-4-1-2-7(13)14/h5-6H,1-4H2. The van der Waals surface area contributed by atoms with Crippen molar-refractivity contribution in [1.29, 1.82) is 0 Å². The Balaban J connectivity index is 2.30. The third kappa shape index (κ3) is 3.04. The summed E-state index contributed by atoms with van der Waals surface area (Å²) in [6.07, 6.45) is -3.64. The van der Waals surface area contributed by atoms with Crippen molar-refractivity contribution in [2.75, 3.05) is 6.54 Å². The summed E-state index contributed by atoms with van der Waals surface area (Å²) in [4.78, 5) is 12.3. The first-order chi connectivity index (χ1) is 6.41. The molecule has 1 radical (unpaired) electrons.